The lowest BCUT2D eigenvalue weighted by Gasteiger charge is -2.49. The fourth-order valence-electron chi connectivity index (χ4n) is 8.60. The molecule has 54 heavy (non-hydrogen) atoms. The van der Waals surface area contributed by atoms with E-state index in [4.69, 9.17) is 14.0 Å². The topological polar surface area (TPSA) is 30.9 Å². The molecular weight excluding hydrogens is 661 g/mol. The molecule has 0 aliphatic carbocycles. The lowest BCUT2D eigenvalue weighted by atomic mass is 9.60. The summed E-state index contributed by atoms with van der Waals surface area (Å²) in [6.45, 7) is 8.44. The first-order valence-electron chi connectivity index (χ1n) is 18.8. The molecule has 0 unspecified atom stereocenters. The van der Waals surface area contributed by atoms with Gasteiger partial charge in [-0.15, -0.1) is 0 Å². The van der Waals surface area contributed by atoms with Crippen molar-refractivity contribution < 1.29 is 14.0 Å². The first-order chi connectivity index (χ1) is 26.2. The van der Waals surface area contributed by atoms with Crippen LogP contribution in [0.25, 0.3) is 22.3 Å². The highest BCUT2D eigenvalue weighted by molar-refractivity contribution is 6.62. The van der Waals surface area contributed by atoms with E-state index >= 15 is 0 Å². The second kappa shape index (κ2) is 12.1. The van der Waals surface area contributed by atoms with Crippen LogP contribution in [0.2, 0.25) is 0 Å². The summed E-state index contributed by atoms with van der Waals surface area (Å²) in [5.41, 5.74) is 11.8. The van der Waals surface area contributed by atoms with Crippen LogP contribution in [0.5, 0.6) is 11.5 Å². The van der Waals surface area contributed by atoms with Crippen molar-refractivity contribution in [3.8, 4) is 33.8 Å². The van der Waals surface area contributed by atoms with Gasteiger partial charge in [0.05, 0.1) is 28.0 Å². The molecule has 10 rings (SSSR count). The highest BCUT2D eigenvalue weighted by Gasteiger charge is 2.54. The monoisotopic (exact) mass is 701 g/mol. The average Bonchev–Trinajstić information content (AvgIpc) is 3.43. The van der Waals surface area contributed by atoms with E-state index in [1.165, 1.54) is 16.7 Å². The fraction of sp³-hybridized carbons (Fsp3) is 0.143. The highest BCUT2D eigenvalue weighted by atomic mass is 16.7. The molecule has 1 saturated heterocycles. The molecule has 0 aromatic heterocycles. The predicted octanol–water partition coefficient (Wildman–Crippen LogP) is 11.6. The van der Waals surface area contributed by atoms with Crippen molar-refractivity contribution in [1.82, 2.24) is 0 Å². The van der Waals surface area contributed by atoms with Gasteiger partial charge in [0, 0.05) is 16.8 Å². The number of anilines is 3. The van der Waals surface area contributed by atoms with Crippen LogP contribution in [0.15, 0.2) is 170 Å². The molecule has 3 heterocycles. The Morgan fingerprint density at radius 3 is 1.61 bits per heavy atom. The summed E-state index contributed by atoms with van der Waals surface area (Å²) in [4.78, 5) is 2.45. The van der Waals surface area contributed by atoms with Crippen LogP contribution in [0.1, 0.15) is 49.9 Å². The molecule has 1 fully saturated rings. The van der Waals surface area contributed by atoms with Gasteiger partial charge in [-0.3, -0.25) is 0 Å². The van der Waals surface area contributed by atoms with Crippen molar-refractivity contribution in [2.24, 2.45) is 0 Å². The third-order valence-electron chi connectivity index (χ3n) is 12.0. The summed E-state index contributed by atoms with van der Waals surface area (Å²) >= 11 is 0. The van der Waals surface area contributed by atoms with Gasteiger partial charge in [-0.05, 0) is 103 Å². The molecule has 0 amide bonds. The van der Waals surface area contributed by atoms with E-state index in [0.717, 1.165) is 61.8 Å². The minimum Gasteiger partial charge on any atom is -0.457 e. The van der Waals surface area contributed by atoms with Gasteiger partial charge in [-0.2, -0.15) is 0 Å². The molecule has 7 aromatic rings. The molecular formula is C49H40BNO3. The van der Waals surface area contributed by atoms with Crippen molar-refractivity contribution in [3.63, 3.8) is 0 Å². The Kier molecular flexibility index (Phi) is 7.32. The first-order valence-corrected chi connectivity index (χ1v) is 18.8. The van der Waals surface area contributed by atoms with Gasteiger partial charge in [-0.1, -0.05) is 133 Å². The Bertz CT molecular complexity index is 2500. The lowest BCUT2D eigenvalue weighted by molar-refractivity contribution is 0.00578. The number of hydrogen-bond donors (Lipinski definition) is 0. The number of hydrogen-bond acceptors (Lipinski definition) is 4. The first kappa shape index (κ1) is 32.8. The summed E-state index contributed by atoms with van der Waals surface area (Å²) in [5.74, 6) is 1.70. The highest BCUT2D eigenvalue weighted by Crippen LogP contribution is 2.63. The van der Waals surface area contributed by atoms with Gasteiger partial charge in [0.15, 0.2) is 0 Å². The van der Waals surface area contributed by atoms with Gasteiger partial charge in [0.2, 0.25) is 0 Å². The van der Waals surface area contributed by atoms with E-state index in [1.807, 2.05) is 0 Å². The maximum atomic E-state index is 6.73. The minimum atomic E-state index is -0.724. The number of rotatable bonds is 4. The van der Waals surface area contributed by atoms with Gasteiger partial charge in [-0.25, -0.2) is 0 Å². The van der Waals surface area contributed by atoms with E-state index in [-0.39, 0.29) is 0 Å². The second-order valence-corrected chi connectivity index (χ2v) is 15.6. The molecule has 0 radical (unpaired) electrons. The molecule has 0 bridgehead atoms. The number of fused-ring (bicyclic) bond motifs is 8. The van der Waals surface area contributed by atoms with Crippen LogP contribution in [-0.4, -0.2) is 18.3 Å². The zero-order chi connectivity index (χ0) is 36.7. The third-order valence-corrected chi connectivity index (χ3v) is 12.0. The number of benzene rings is 7. The third kappa shape index (κ3) is 4.85. The van der Waals surface area contributed by atoms with Gasteiger partial charge in [0.1, 0.15) is 11.5 Å². The van der Waals surface area contributed by atoms with Crippen molar-refractivity contribution in [2.75, 3.05) is 4.90 Å². The Hall–Kier alpha value is -5.88. The van der Waals surface area contributed by atoms with Crippen molar-refractivity contribution >= 4 is 29.6 Å². The maximum absolute atomic E-state index is 6.73. The summed E-state index contributed by atoms with van der Waals surface area (Å²) in [6, 6.07) is 61.0. The fourth-order valence-corrected chi connectivity index (χ4v) is 8.60. The summed E-state index contributed by atoms with van der Waals surface area (Å²) < 4.78 is 20.1. The average molecular weight is 702 g/mol. The SMILES string of the molecule is CC1(C)OB(c2ccc3c(c2)C2(c4ccccc4Oc4ccccc42)c2ccc(-c4ccccc4)cc2N3c2cccc(-c3ccccc3)c2)OC1(C)C. The van der Waals surface area contributed by atoms with E-state index in [0.29, 0.717) is 0 Å². The minimum absolute atomic E-state index is 0.479. The van der Waals surface area contributed by atoms with Crippen LogP contribution >= 0.6 is 0 Å². The van der Waals surface area contributed by atoms with Crippen LogP contribution in [0.4, 0.5) is 17.1 Å². The Labute approximate surface area is 317 Å². The Morgan fingerprint density at radius 1 is 0.426 bits per heavy atom. The zero-order valence-electron chi connectivity index (χ0n) is 30.9. The molecule has 5 heteroatoms. The van der Waals surface area contributed by atoms with Crippen LogP contribution < -0.4 is 15.1 Å². The Morgan fingerprint density at radius 2 is 0.981 bits per heavy atom. The van der Waals surface area contributed by atoms with Crippen LogP contribution in [-0.2, 0) is 14.7 Å². The van der Waals surface area contributed by atoms with Gasteiger partial charge < -0.3 is 18.9 Å². The summed E-state index contributed by atoms with van der Waals surface area (Å²) in [6.07, 6.45) is 0. The molecule has 7 aromatic carbocycles. The van der Waals surface area contributed by atoms with Crippen LogP contribution in [0.3, 0.4) is 0 Å². The number of para-hydroxylation sites is 2. The molecule has 0 saturated carbocycles. The molecule has 262 valence electrons. The summed E-state index contributed by atoms with van der Waals surface area (Å²) in [5, 5.41) is 0. The normalized spacial score (nSPS) is 16.9. The molecule has 3 aliphatic rings. The van der Waals surface area contributed by atoms with E-state index in [1.54, 1.807) is 0 Å². The van der Waals surface area contributed by atoms with E-state index < -0.39 is 23.7 Å². The van der Waals surface area contributed by atoms with Crippen LogP contribution in [0, 0.1) is 0 Å². The number of ether oxygens (including phenoxy) is 1. The van der Waals surface area contributed by atoms with Crippen molar-refractivity contribution in [2.45, 2.75) is 44.3 Å². The van der Waals surface area contributed by atoms with Gasteiger partial charge >= 0.3 is 7.12 Å². The zero-order valence-corrected chi connectivity index (χ0v) is 30.9. The molecule has 0 N–H and O–H groups in total. The van der Waals surface area contributed by atoms with E-state index in [9.17, 15) is 0 Å². The molecule has 4 nitrogen and oxygen atoms in total. The largest absolute Gasteiger partial charge is 0.494 e. The maximum Gasteiger partial charge on any atom is 0.494 e. The number of nitrogens with zero attached hydrogens (tertiary/aromatic N) is 1. The Balaban J connectivity index is 1.31. The van der Waals surface area contributed by atoms with Gasteiger partial charge in [0.25, 0.3) is 0 Å². The second-order valence-electron chi connectivity index (χ2n) is 15.6. The van der Waals surface area contributed by atoms with Crippen molar-refractivity contribution in [3.05, 3.63) is 192 Å². The summed E-state index contributed by atoms with van der Waals surface area (Å²) in [7, 11) is -0.528. The molecule has 1 spiro atoms. The van der Waals surface area contributed by atoms with Crippen molar-refractivity contribution in [1.29, 1.82) is 0 Å². The smallest absolute Gasteiger partial charge is 0.457 e. The lowest BCUT2D eigenvalue weighted by Crippen LogP contribution is -2.42. The predicted molar refractivity (Wildman–Crippen MR) is 220 cm³/mol. The quantitative estimate of drug-likeness (QED) is 0.171. The molecule has 0 atom stereocenters. The standard InChI is InChI=1S/C49H40BNO3/c1-47(2)48(3,4)54-50(53-47)37-27-29-43-42(32-37)49(40-22-11-13-24-45(40)52-46-25-14-12-23-41(46)49)39-28-26-36(34-18-9-6-10-19-34)31-44(39)51(43)38-21-15-20-35(30-38)33-16-7-5-8-17-33/h5-32H,1-4H3. The van der Waals surface area contributed by atoms with E-state index in [2.05, 4.69) is 202 Å². The molecule has 3 aliphatic heterocycles.